The van der Waals surface area contributed by atoms with E-state index in [0.29, 0.717) is 30.4 Å². The van der Waals surface area contributed by atoms with Gasteiger partial charge in [-0.3, -0.25) is 4.90 Å². The average molecular weight is 533 g/mol. The molecule has 0 bridgehead atoms. The number of halogens is 1. The van der Waals surface area contributed by atoms with Crippen LogP contribution in [0, 0.1) is 5.82 Å². The molecule has 40 heavy (non-hydrogen) atoms. The summed E-state index contributed by atoms with van der Waals surface area (Å²) in [7, 11) is 2.20. The summed E-state index contributed by atoms with van der Waals surface area (Å²) >= 11 is 0. The highest BCUT2D eigenvalue weighted by Crippen LogP contribution is 2.40. The number of benzene rings is 4. The Morgan fingerprint density at radius 2 is 1.62 bits per heavy atom. The first-order chi connectivity index (χ1) is 19.5. The number of phenolic OH excluding ortho intramolecular Hbond substituents is 1. The number of aromatic amines is 1. The molecule has 3 heterocycles. The number of phenols is 1. The van der Waals surface area contributed by atoms with Crippen molar-refractivity contribution in [3.63, 3.8) is 0 Å². The zero-order valence-corrected chi connectivity index (χ0v) is 22.6. The molecule has 0 amide bonds. The summed E-state index contributed by atoms with van der Waals surface area (Å²) in [5.74, 6) is 1.03. The van der Waals surface area contributed by atoms with Crippen LogP contribution in [0.3, 0.4) is 0 Å². The van der Waals surface area contributed by atoms with Gasteiger partial charge in [-0.2, -0.15) is 0 Å². The van der Waals surface area contributed by atoms with E-state index in [1.807, 2.05) is 24.3 Å². The fraction of sp³-hybridized carbons (Fsp3) is 0.265. The second kappa shape index (κ2) is 10.2. The number of hydrogen-bond donors (Lipinski definition) is 2. The van der Waals surface area contributed by atoms with Gasteiger partial charge in [-0.1, -0.05) is 48.5 Å². The van der Waals surface area contributed by atoms with Gasteiger partial charge in [0, 0.05) is 18.7 Å². The van der Waals surface area contributed by atoms with Gasteiger partial charge in [-0.15, -0.1) is 0 Å². The Morgan fingerprint density at radius 3 is 2.42 bits per heavy atom. The topological polar surface area (TPSA) is 55.4 Å². The number of H-pyrrole nitrogens is 1. The van der Waals surface area contributed by atoms with E-state index in [4.69, 9.17) is 4.98 Å². The maximum Gasteiger partial charge on any atom is 0.129 e. The van der Waals surface area contributed by atoms with Crippen LogP contribution < -0.4 is 0 Å². The lowest BCUT2D eigenvalue weighted by molar-refractivity contribution is 0.220. The Labute approximate surface area is 233 Å². The third kappa shape index (κ3) is 4.67. The van der Waals surface area contributed by atoms with Crippen molar-refractivity contribution in [1.29, 1.82) is 0 Å². The summed E-state index contributed by atoms with van der Waals surface area (Å²) in [6.45, 7) is 3.68. The average Bonchev–Trinajstić information content (AvgIpc) is 3.59. The van der Waals surface area contributed by atoms with Crippen LogP contribution >= 0.6 is 0 Å². The van der Waals surface area contributed by atoms with Crippen molar-refractivity contribution in [2.24, 2.45) is 0 Å². The minimum Gasteiger partial charge on any atom is -0.508 e. The van der Waals surface area contributed by atoms with Crippen LogP contribution in [0.15, 0.2) is 84.9 Å². The number of hydrogen-bond acceptors (Lipinski definition) is 4. The van der Waals surface area contributed by atoms with Crippen molar-refractivity contribution < 1.29 is 9.50 Å². The highest BCUT2D eigenvalue weighted by Gasteiger charge is 2.32. The van der Waals surface area contributed by atoms with Gasteiger partial charge in [-0.25, -0.2) is 9.37 Å². The van der Waals surface area contributed by atoms with Crippen molar-refractivity contribution in [2.75, 3.05) is 20.1 Å². The summed E-state index contributed by atoms with van der Waals surface area (Å²) in [6.07, 6.45) is 2.44. The van der Waals surface area contributed by atoms with Crippen molar-refractivity contribution in [2.45, 2.75) is 37.9 Å². The summed E-state index contributed by atoms with van der Waals surface area (Å²) in [5, 5.41) is 10.8. The Hall–Kier alpha value is -4.00. The molecule has 0 radical (unpaired) electrons. The van der Waals surface area contributed by atoms with Gasteiger partial charge in [0.05, 0.1) is 17.1 Å². The number of likely N-dealkylation sites (tertiary alicyclic amines) is 1. The quantitative estimate of drug-likeness (QED) is 0.256. The third-order valence-corrected chi connectivity index (χ3v) is 8.70. The van der Waals surface area contributed by atoms with Gasteiger partial charge < -0.3 is 15.0 Å². The number of piperidine rings is 1. The van der Waals surface area contributed by atoms with Crippen molar-refractivity contribution in [1.82, 2.24) is 19.8 Å². The third-order valence-electron chi connectivity index (χ3n) is 8.70. The number of nitrogens with zero attached hydrogens (tertiary/aromatic N) is 3. The summed E-state index contributed by atoms with van der Waals surface area (Å²) in [4.78, 5) is 12.9. The standard InChI is InChI=1S/C34H33FN4O/c1-38-16-14-24(15-17-38)22-6-8-23(9-7-22)25-10-11-26-20-39(21-27(26)18-25)33(29-19-28(35)12-13-32(29)40)34-36-30-4-2-3-5-31(30)37-34/h2-13,18-19,24,33,40H,14-17,20-21H2,1H3,(H,36,37). The number of nitrogens with one attached hydrogen (secondary N) is 1. The maximum absolute atomic E-state index is 14.4. The largest absolute Gasteiger partial charge is 0.508 e. The first-order valence-electron chi connectivity index (χ1n) is 14.1. The van der Waals surface area contributed by atoms with E-state index in [9.17, 15) is 9.50 Å². The summed E-state index contributed by atoms with van der Waals surface area (Å²) < 4.78 is 14.4. The monoisotopic (exact) mass is 532 g/mol. The van der Waals surface area contributed by atoms with E-state index in [0.717, 1.165) is 24.1 Å². The smallest absolute Gasteiger partial charge is 0.129 e. The SMILES string of the molecule is CN1CCC(c2ccc(-c3ccc4c(c3)CN(C(c3nc5ccccc5[nH]3)c3cc(F)ccc3O)C4)cc2)CC1. The van der Waals surface area contributed by atoms with Crippen LogP contribution in [0.4, 0.5) is 4.39 Å². The molecule has 1 saturated heterocycles. The Balaban J connectivity index is 1.18. The molecule has 0 saturated carbocycles. The van der Waals surface area contributed by atoms with E-state index < -0.39 is 6.04 Å². The number of fused-ring (bicyclic) bond motifs is 2. The number of rotatable bonds is 5. The van der Waals surface area contributed by atoms with E-state index in [2.05, 4.69) is 64.3 Å². The summed E-state index contributed by atoms with van der Waals surface area (Å²) in [6, 6.07) is 27.4. The van der Waals surface area contributed by atoms with Crippen molar-refractivity contribution in [3.05, 3.63) is 119 Å². The lowest BCUT2D eigenvalue weighted by atomic mass is 9.88. The molecule has 0 aliphatic carbocycles. The highest BCUT2D eigenvalue weighted by molar-refractivity contribution is 5.75. The second-order valence-electron chi connectivity index (χ2n) is 11.3. The first kappa shape index (κ1) is 25.0. The fourth-order valence-corrected chi connectivity index (χ4v) is 6.44. The molecule has 5 aromatic rings. The predicted octanol–water partition coefficient (Wildman–Crippen LogP) is 6.99. The molecule has 2 aliphatic rings. The number of aromatic nitrogens is 2. The van der Waals surface area contributed by atoms with E-state index in [-0.39, 0.29) is 11.6 Å². The molecule has 1 aromatic heterocycles. The molecular formula is C34H33FN4O. The molecule has 7 rings (SSSR count). The zero-order chi connectivity index (χ0) is 27.2. The van der Waals surface area contributed by atoms with Gasteiger partial charge in [0.25, 0.3) is 0 Å². The van der Waals surface area contributed by atoms with Gasteiger partial charge in [-0.05, 0) is 103 Å². The lowest BCUT2D eigenvalue weighted by Crippen LogP contribution is -2.29. The fourth-order valence-electron chi connectivity index (χ4n) is 6.44. The van der Waals surface area contributed by atoms with Gasteiger partial charge in [0.15, 0.2) is 0 Å². The molecule has 4 aromatic carbocycles. The van der Waals surface area contributed by atoms with E-state index in [1.54, 1.807) is 0 Å². The van der Waals surface area contributed by atoms with Crippen LogP contribution in [0.2, 0.25) is 0 Å². The number of para-hydroxylation sites is 2. The summed E-state index contributed by atoms with van der Waals surface area (Å²) in [5.41, 5.74) is 8.61. The van der Waals surface area contributed by atoms with Crippen LogP contribution in [0.25, 0.3) is 22.2 Å². The molecule has 1 fully saturated rings. The molecule has 0 spiro atoms. The van der Waals surface area contributed by atoms with E-state index in [1.165, 1.54) is 58.9 Å². The van der Waals surface area contributed by atoms with Crippen LogP contribution in [-0.4, -0.2) is 45.0 Å². The Bertz CT molecular complexity index is 1640. The predicted molar refractivity (Wildman–Crippen MR) is 157 cm³/mol. The van der Waals surface area contributed by atoms with Gasteiger partial charge >= 0.3 is 0 Å². The Morgan fingerprint density at radius 1 is 0.875 bits per heavy atom. The Kier molecular flexibility index (Phi) is 6.37. The molecule has 6 heteroatoms. The highest BCUT2D eigenvalue weighted by atomic mass is 19.1. The lowest BCUT2D eigenvalue weighted by Gasteiger charge is -2.29. The first-order valence-corrected chi connectivity index (χ1v) is 14.1. The molecule has 5 nitrogen and oxygen atoms in total. The van der Waals surface area contributed by atoms with Crippen molar-refractivity contribution in [3.8, 4) is 16.9 Å². The number of aromatic hydroxyl groups is 1. The molecule has 1 unspecified atom stereocenters. The normalized spacial score (nSPS) is 17.4. The second-order valence-corrected chi connectivity index (χ2v) is 11.3. The van der Waals surface area contributed by atoms with Crippen molar-refractivity contribution >= 4 is 11.0 Å². The molecule has 2 N–H and O–H groups in total. The molecule has 2 aliphatic heterocycles. The van der Waals surface area contributed by atoms with E-state index >= 15 is 0 Å². The minimum atomic E-state index is -0.423. The molecular weight excluding hydrogens is 499 g/mol. The minimum absolute atomic E-state index is 0.0631. The maximum atomic E-state index is 14.4. The molecule has 1 atom stereocenters. The van der Waals surface area contributed by atoms with Crippen LogP contribution in [0.5, 0.6) is 5.75 Å². The van der Waals surface area contributed by atoms with Crippen LogP contribution in [-0.2, 0) is 13.1 Å². The number of imidazole rings is 1. The van der Waals surface area contributed by atoms with Gasteiger partial charge in [0.1, 0.15) is 17.4 Å². The van der Waals surface area contributed by atoms with Crippen LogP contribution in [0.1, 0.15) is 52.9 Å². The zero-order valence-electron chi connectivity index (χ0n) is 22.6. The van der Waals surface area contributed by atoms with Gasteiger partial charge in [0.2, 0.25) is 0 Å². The molecule has 202 valence electrons.